The fraction of sp³-hybridized carbons (Fsp3) is 0.167. The van der Waals surface area contributed by atoms with Crippen molar-refractivity contribution < 1.29 is 9.13 Å². The predicted octanol–water partition coefficient (Wildman–Crippen LogP) is 2.06. The van der Waals surface area contributed by atoms with Gasteiger partial charge in [0.05, 0.1) is 5.69 Å². The summed E-state index contributed by atoms with van der Waals surface area (Å²) < 4.78 is 18.4. The molecule has 0 bridgehead atoms. The Balaban J connectivity index is 2.25. The molecule has 6 heteroatoms. The van der Waals surface area contributed by atoms with Crippen molar-refractivity contribution in [3.05, 3.63) is 36.3 Å². The normalized spacial score (nSPS) is 10.2. The molecule has 0 amide bonds. The summed E-state index contributed by atoms with van der Waals surface area (Å²) in [6, 6.07) is 5.54. The molecule has 94 valence electrons. The van der Waals surface area contributed by atoms with Crippen molar-refractivity contribution in [1.29, 1.82) is 0 Å². The molecule has 0 fully saturated rings. The topological polar surface area (TPSA) is 64.3 Å². The number of aromatic nitrogens is 2. The maximum Gasteiger partial charge on any atom is 0.228 e. The van der Waals surface area contributed by atoms with Gasteiger partial charge < -0.3 is 15.4 Å². The minimum atomic E-state index is -0.406. The van der Waals surface area contributed by atoms with Crippen molar-refractivity contribution in [3.8, 4) is 11.6 Å². The second-order valence-electron chi connectivity index (χ2n) is 3.87. The molecule has 0 saturated heterocycles. The van der Waals surface area contributed by atoms with Crippen molar-refractivity contribution in [2.75, 3.05) is 24.7 Å². The Kier molecular flexibility index (Phi) is 3.27. The highest BCUT2D eigenvalue weighted by Crippen LogP contribution is 2.27. The number of hydrogen-bond donors (Lipinski definition) is 1. The average Bonchev–Trinajstić information content (AvgIpc) is 2.33. The minimum absolute atomic E-state index is 0.222. The molecule has 1 aromatic heterocycles. The van der Waals surface area contributed by atoms with E-state index < -0.39 is 5.82 Å². The number of benzene rings is 1. The summed E-state index contributed by atoms with van der Waals surface area (Å²) in [7, 11) is 3.65. The highest BCUT2D eigenvalue weighted by atomic mass is 19.1. The lowest BCUT2D eigenvalue weighted by atomic mass is 10.3. The van der Waals surface area contributed by atoms with Gasteiger partial charge in [-0.1, -0.05) is 0 Å². The van der Waals surface area contributed by atoms with E-state index in [1.165, 1.54) is 18.2 Å². The third-order valence-corrected chi connectivity index (χ3v) is 2.20. The van der Waals surface area contributed by atoms with Crippen LogP contribution in [-0.2, 0) is 0 Å². The van der Waals surface area contributed by atoms with Crippen molar-refractivity contribution in [1.82, 2.24) is 9.97 Å². The Bertz CT molecular complexity index is 560. The van der Waals surface area contributed by atoms with Crippen LogP contribution in [0.25, 0.3) is 0 Å². The van der Waals surface area contributed by atoms with Gasteiger partial charge in [0.1, 0.15) is 5.82 Å². The fourth-order valence-corrected chi connectivity index (χ4v) is 1.33. The molecule has 0 spiro atoms. The predicted molar refractivity (Wildman–Crippen MR) is 67.2 cm³/mol. The summed E-state index contributed by atoms with van der Waals surface area (Å²) in [5, 5.41) is 0. The molecule has 5 nitrogen and oxygen atoms in total. The third-order valence-electron chi connectivity index (χ3n) is 2.20. The van der Waals surface area contributed by atoms with E-state index in [9.17, 15) is 4.39 Å². The van der Waals surface area contributed by atoms with E-state index in [0.29, 0.717) is 17.6 Å². The number of nitrogens with zero attached hydrogens (tertiary/aromatic N) is 3. The molecule has 2 N–H and O–H groups in total. The zero-order valence-corrected chi connectivity index (χ0v) is 10.1. The van der Waals surface area contributed by atoms with Crippen LogP contribution < -0.4 is 15.4 Å². The molecular formula is C12H13FN4O. The summed E-state index contributed by atoms with van der Waals surface area (Å²) in [4.78, 5) is 9.99. The summed E-state index contributed by atoms with van der Waals surface area (Å²) >= 11 is 0. The Morgan fingerprint density at radius 2 is 2.06 bits per heavy atom. The number of hydrogen-bond acceptors (Lipinski definition) is 5. The van der Waals surface area contributed by atoms with Crippen LogP contribution in [0.1, 0.15) is 0 Å². The van der Waals surface area contributed by atoms with Gasteiger partial charge in [0.25, 0.3) is 0 Å². The van der Waals surface area contributed by atoms with Gasteiger partial charge in [-0.05, 0) is 12.1 Å². The molecule has 1 heterocycles. The van der Waals surface area contributed by atoms with Crippen LogP contribution in [0.15, 0.2) is 30.5 Å². The Morgan fingerprint density at radius 1 is 1.28 bits per heavy atom. The number of ether oxygens (including phenoxy) is 1. The number of anilines is 2. The van der Waals surface area contributed by atoms with E-state index >= 15 is 0 Å². The van der Waals surface area contributed by atoms with Crippen LogP contribution in [0.4, 0.5) is 16.0 Å². The minimum Gasteiger partial charge on any atom is -0.437 e. The Morgan fingerprint density at radius 3 is 2.72 bits per heavy atom. The first-order valence-corrected chi connectivity index (χ1v) is 5.29. The molecule has 0 aliphatic heterocycles. The number of nitrogens with two attached hydrogens (primary N) is 1. The number of halogens is 1. The maximum atomic E-state index is 12.9. The number of nitrogen functional groups attached to an aromatic ring is 1. The van der Waals surface area contributed by atoms with Gasteiger partial charge in [0.15, 0.2) is 5.75 Å². The van der Waals surface area contributed by atoms with Gasteiger partial charge in [-0.15, -0.1) is 0 Å². The average molecular weight is 248 g/mol. The SMILES string of the molecule is CN(C)c1nccc(Oc2ccc(F)cc2N)n1. The van der Waals surface area contributed by atoms with Gasteiger partial charge in [0.2, 0.25) is 11.8 Å². The summed E-state index contributed by atoms with van der Waals surface area (Å²) in [6.45, 7) is 0. The van der Waals surface area contributed by atoms with Gasteiger partial charge in [0, 0.05) is 32.4 Å². The molecular weight excluding hydrogens is 235 g/mol. The van der Waals surface area contributed by atoms with Crippen LogP contribution in [0, 0.1) is 5.82 Å². The summed E-state index contributed by atoms with van der Waals surface area (Å²) in [5.74, 6) is 0.830. The second-order valence-corrected chi connectivity index (χ2v) is 3.87. The quantitative estimate of drug-likeness (QED) is 0.842. The zero-order valence-electron chi connectivity index (χ0n) is 10.1. The van der Waals surface area contributed by atoms with Crippen molar-refractivity contribution in [2.45, 2.75) is 0 Å². The third kappa shape index (κ3) is 2.65. The summed E-state index contributed by atoms with van der Waals surface area (Å²) in [5.41, 5.74) is 5.87. The van der Waals surface area contributed by atoms with Gasteiger partial charge in [-0.25, -0.2) is 9.37 Å². The summed E-state index contributed by atoms with van der Waals surface area (Å²) in [6.07, 6.45) is 1.58. The van der Waals surface area contributed by atoms with Crippen LogP contribution >= 0.6 is 0 Å². The van der Waals surface area contributed by atoms with Gasteiger partial charge >= 0.3 is 0 Å². The lowest BCUT2D eigenvalue weighted by Gasteiger charge is -2.12. The molecule has 2 aromatic rings. The van der Waals surface area contributed by atoms with Gasteiger partial charge in [-0.2, -0.15) is 4.98 Å². The van der Waals surface area contributed by atoms with Crippen LogP contribution in [0.3, 0.4) is 0 Å². The highest BCUT2D eigenvalue weighted by Gasteiger charge is 2.06. The molecule has 0 aliphatic carbocycles. The van der Waals surface area contributed by atoms with Crippen molar-refractivity contribution in [3.63, 3.8) is 0 Å². The first-order chi connectivity index (χ1) is 8.56. The lowest BCUT2D eigenvalue weighted by Crippen LogP contribution is -2.12. The van der Waals surface area contributed by atoms with Gasteiger partial charge in [-0.3, -0.25) is 0 Å². The van der Waals surface area contributed by atoms with Crippen LogP contribution in [-0.4, -0.2) is 24.1 Å². The molecule has 0 aliphatic rings. The van der Waals surface area contributed by atoms with E-state index in [1.54, 1.807) is 17.2 Å². The number of rotatable bonds is 3. The smallest absolute Gasteiger partial charge is 0.228 e. The van der Waals surface area contributed by atoms with E-state index in [-0.39, 0.29) is 5.69 Å². The van der Waals surface area contributed by atoms with E-state index in [2.05, 4.69) is 9.97 Å². The largest absolute Gasteiger partial charge is 0.437 e. The van der Waals surface area contributed by atoms with E-state index in [1.807, 2.05) is 14.1 Å². The molecule has 0 unspecified atom stereocenters. The Labute approximate surface area is 104 Å². The Hall–Kier alpha value is -2.37. The van der Waals surface area contributed by atoms with E-state index in [0.717, 1.165) is 0 Å². The molecule has 18 heavy (non-hydrogen) atoms. The molecule has 2 rings (SSSR count). The molecule has 0 atom stereocenters. The first-order valence-electron chi connectivity index (χ1n) is 5.29. The fourth-order valence-electron chi connectivity index (χ4n) is 1.33. The van der Waals surface area contributed by atoms with E-state index in [4.69, 9.17) is 10.5 Å². The lowest BCUT2D eigenvalue weighted by molar-refractivity contribution is 0.462. The maximum absolute atomic E-state index is 12.9. The standard InChI is InChI=1S/C12H13FN4O/c1-17(2)12-15-6-5-11(16-12)18-10-4-3-8(13)7-9(10)14/h3-7H,14H2,1-2H3. The molecule has 0 radical (unpaired) electrons. The molecule has 1 aromatic carbocycles. The first kappa shape index (κ1) is 12.1. The highest BCUT2D eigenvalue weighted by molar-refractivity contribution is 5.53. The zero-order chi connectivity index (χ0) is 13.1. The van der Waals surface area contributed by atoms with Crippen LogP contribution in [0.5, 0.6) is 11.6 Å². The van der Waals surface area contributed by atoms with Crippen LogP contribution in [0.2, 0.25) is 0 Å². The second kappa shape index (κ2) is 4.87. The van der Waals surface area contributed by atoms with Crippen molar-refractivity contribution >= 4 is 11.6 Å². The van der Waals surface area contributed by atoms with Crippen molar-refractivity contribution in [2.24, 2.45) is 0 Å². The molecule has 0 saturated carbocycles. The monoisotopic (exact) mass is 248 g/mol.